The van der Waals surface area contributed by atoms with Gasteiger partial charge in [0.25, 0.3) is 0 Å². The van der Waals surface area contributed by atoms with Crippen molar-refractivity contribution in [1.29, 1.82) is 0 Å². The van der Waals surface area contributed by atoms with E-state index in [-0.39, 0.29) is 17.9 Å². The predicted octanol–water partition coefficient (Wildman–Crippen LogP) is 3.77. The van der Waals surface area contributed by atoms with E-state index < -0.39 is 0 Å². The molecule has 2 rings (SSSR count). The van der Waals surface area contributed by atoms with Crippen LogP contribution >= 0.6 is 12.4 Å². The lowest BCUT2D eigenvalue weighted by Gasteiger charge is -2.33. The zero-order valence-corrected chi connectivity index (χ0v) is 14.0. The Balaban J connectivity index is 0.00000220. The molecule has 0 heterocycles. The van der Waals surface area contributed by atoms with Gasteiger partial charge < -0.3 is 11.1 Å². The molecule has 21 heavy (non-hydrogen) atoms. The maximum Gasteiger partial charge on any atom is 0.0298 e. The van der Waals surface area contributed by atoms with Crippen molar-refractivity contribution >= 4 is 23.2 Å². The Morgan fingerprint density at radius 3 is 2.38 bits per heavy atom. The first-order chi connectivity index (χ1) is 9.55. The van der Waals surface area contributed by atoms with E-state index >= 15 is 0 Å². The Morgan fingerprint density at radius 2 is 1.76 bits per heavy atom. The highest BCUT2D eigenvalue weighted by atomic mass is 35.5. The summed E-state index contributed by atoms with van der Waals surface area (Å²) in [6.45, 7) is 8.27. The lowest BCUT2D eigenvalue weighted by molar-refractivity contribution is 0.271. The largest absolute Gasteiger partial charge is 0.329 e. The first kappa shape index (κ1) is 18.0. The van der Waals surface area contributed by atoms with Crippen LogP contribution in [-0.2, 0) is 6.42 Å². The standard InChI is InChI=1S/C18H26N2.ClH/c1-14(2)18(3,13-19)20-11-10-15-8-9-16-6-4-5-7-17(16)12-15;/h4-9,12,14,20H,10-11,13,19H2,1-3H3;1H. The number of hydrogen-bond donors (Lipinski definition) is 2. The Kier molecular flexibility index (Phi) is 6.66. The Bertz CT molecular complexity index is 568. The van der Waals surface area contributed by atoms with E-state index in [1.165, 1.54) is 16.3 Å². The molecular weight excluding hydrogens is 280 g/mol. The average molecular weight is 307 g/mol. The van der Waals surface area contributed by atoms with Gasteiger partial charge in [-0.05, 0) is 42.1 Å². The molecule has 2 aromatic carbocycles. The molecule has 0 fully saturated rings. The van der Waals surface area contributed by atoms with Gasteiger partial charge >= 0.3 is 0 Å². The molecule has 3 heteroatoms. The number of halogens is 1. The van der Waals surface area contributed by atoms with E-state index in [2.05, 4.69) is 68.6 Å². The fourth-order valence-corrected chi connectivity index (χ4v) is 2.40. The van der Waals surface area contributed by atoms with Crippen LogP contribution in [0.2, 0.25) is 0 Å². The van der Waals surface area contributed by atoms with E-state index in [1.54, 1.807) is 0 Å². The minimum absolute atomic E-state index is 0. The zero-order chi connectivity index (χ0) is 14.6. The summed E-state index contributed by atoms with van der Waals surface area (Å²) in [7, 11) is 0. The normalized spacial score (nSPS) is 14.0. The minimum Gasteiger partial charge on any atom is -0.329 e. The van der Waals surface area contributed by atoms with Gasteiger partial charge in [0, 0.05) is 12.1 Å². The van der Waals surface area contributed by atoms with Crippen molar-refractivity contribution in [3.63, 3.8) is 0 Å². The molecule has 2 aromatic rings. The first-order valence-corrected chi connectivity index (χ1v) is 7.48. The Morgan fingerprint density at radius 1 is 1.10 bits per heavy atom. The van der Waals surface area contributed by atoms with Gasteiger partial charge in [-0.15, -0.1) is 12.4 Å². The average Bonchev–Trinajstić information content (AvgIpc) is 2.46. The molecule has 0 bridgehead atoms. The zero-order valence-electron chi connectivity index (χ0n) is 13.2. The molecule has 0 radical (unpaired) electrons. The van der Waals surface area contributed by atoms with Gasteiger partial charge in [-0.1, -0.05) is 56.3 Å². The highest BCUT2D eigenvalue weighted by Crippen LogP contribution is 2.17. The van der Waals surface area contributed by atoms with Crippen LogP contribution in [-0.4, -0.2) is 18.6 Å². The quantitative estimate of drug-likeness (QED) is 0.852. The molecule has 0 aromatic heterocycles. The summed E-state index contributed by atoms with van der Waals surface area (Å²) < 4.78 is 0. The highest BCUT2D eigenvalue weighted by molar-refractivity contribution is 5.85. The third-order valence-electron chi connectivity index (χ3n) is 4.45. The second-order valence-electron chi connectivity index (χ2n) is 6.13. The number of rotatable bonds is 6. The SMILES string of the molecule is CC(C)C(C)(CN)NCCc1ccc2ccccc2c1.Cl. The summed E-state index contributed by atoms with van der Waals surface area (Å²) in [5, 5.41) is 6.24. The Labute approximate surface area is 134 Å². The molecule has 0 saturated heterocycles. The number of hydrogen-bond acceptors (Lipinski definition) is 2. The highest BCUT2D eigenvalue weighted by Gasteiger charge is 2.25. The van der Waals surface area contributed by atoms with E-state index in [4.69, 9.17) is 5.73 Å². The maximum atomic E-state index is 5.90. The van der Waals surface area contributed by atoms with Crippen LogP contribution in [0.4, 0.5) is 0 Å². The number of nitrogens with two attached hydrogens (primary N) is 1. The van der Waals surface area contributed by atoms with Crippen LogP contribution in [0.5, 0.6) is 0 Å². The van der Waals surface area contributed by atoms with Crippen LogP contribution in [0.15, 0.2) is 42.5 Å². The minimum atomic E-state index is 0. The third-order valence-corrected chi connectivity index (χ3v) is 4.45. The monoisotopic (exact) mass is 306 g/mol. The summed E-state index contributed by atoms with van der Waals surface area (Å²) >= 11 is 0. The lowest BCUT2D eigenvalue weighted by Crippen LogP contribution is -2.53. The molecule has 0 aliphatic carbocycles. The summed E-state index contributed by atoms with van der Waals surface area (Å²) in [5.74, 6) is 0.532. The van der Waals surface area contributed by atoms with Gasteiger partial charge in [0.1, 0.15) is 0 Å². The summed E-state index contributed by atoms with van der Waals surface area (Å²) in [4.78, 5) is 0. The van der Waals surface area contributed by atoms with Crippen molar-refractivity contribution in [2.75, 3.05) is 13.1 Å². The van der Waals surface area contributed by atoms with E-state index in [9.17, 15) is 0 Å². The first-order valence-electron chi connectivity index (χ1n) is 7.48. The summed E-state index contributed by atoms with van der Waals surface area (Å²) in [6, 6.07) is 15.2. The second-order valence-corrected chi connectivity index (χ2v) is 6.13. The fourth-order valence-electron chi connectivity index (χ4n) is 2.40. The third kappa shape index (κ3) is 4.44. The predicted molar refractivity (Wildman–Crippen MR) is 95.2 cm³/mol. The topological polar surface area (TPSA) is 38.0 Å². The number of fused-ring (bicyclic) bond motifs is 1. The van der Waals surface area contributed by atoms with Crippen LogP contribution in [0.1, 0.15) is 26.3 Å². The van der Waals surface area contributed by atoms with E-state index in [1.807, 2.05) is 0 Å². The Hall–Kier alpha value is -1.09. The number of nitrogens with one attached hydrogen (secondary N) is 1. The molecule has 1 atom stereocenters. The molecular formula is C18H27ClN2. The van der Waals surface area contributed by atoms with E-state index in [0.717, 1.165) is 13.0 Å². The molecule has 3 N–H and O–H groups in total. The molecule has 1 unspecified atom stereocenters. The summed E-state index contributed by atoms with van der Waals surface area (Å²) in [6.07, 6.45) is 1.03. The van der Waals surface area contributed by atoms with Crippen LogP contribution in [0, 0.1) is 5.92 Å². The van der Waals surface area contributed by atoms with Crippen molar-refractivity contribution in [3.8, 4) is 0 Å². The van der Waals surface area contributed by atoms with Gasteiger partial charge in [-0.3, -0.25) is 0 Å². The smallest absolute Gasteiger partial charge is 0.0298 e. The van der Waals surface area contributed by atoms with Gasteiger partial charge in [-0.2, -0.15) is 0 Å². The molecule has 2 nitrogen and oxygen atoms in total. The van der Waals surface area contributed by atoms with E-state index in [0.29, 0.717) is 12.5 Å². The van der Waals surface area contributed by atoms with Crippen LogP contribution < -0.4 is 11.1 Å². The van der Waals surface area contributed by atoms with Crippen molar-refractivity contribution in [2.24, 2.45) is 11.7 Å². The second kappa shape index (κ2) is 7.79. The molecule has 0 saturated carbocycles. The molecule has 0 aliphatic heterocycles. The van der Waals surface area contributed by atoms with Crippen molar-refractivity contribution in [2.45, 2.75) is 32.7 Å². The number of benzene rings is 2. The van der Waals surface area contributed by atoms with Crippen LogP contribution in [0.3, 0.4) is 0 Å². The molecule has 0 amide bonds. The molecule has 0 spiro atoms. The fraction of sp³-hybridized carbons (Fsp3) is 0.444. The molecule has 0 aliphatic rings. The molecule has 116 valence electrons. The van der Waals surface area contributed by atoms with Gasteiger partial charge in [0.05, 0.1) is 0 Å². The van der Waals surface area contributed by atoms with Gasteiger partial charge in [0.2, 0.25) is 0 Å². The van der Waals surface area contributed by atoms with Crippen LogP contribution in [0.25, 0.3) is 10.8 Å². The van der Waals surface area contributed by atoms with Gasteiger partial charge in [-0.25, -0.2) is 0 Å². The van der Waals surface area contributed by atoms with Crippen molar-refractivity contribution in [3.05, 3.63) is 48.0 Å². The summed E-state index contributed by atoms with van der Waals surface area (Å²) in [5.41, 5.74) is 7.30. The van der Waals surface area contributed by atoms with Gasteiger partial charge in [0.15, 0.2) is 0 Å². The lowest BCUT2D eigenvalue weighted by atomic mass is 9.88. The van der Waals surface area contributed by atoms with Crippen molar-refractivity contribution in [1.82, 2.24) is 5.32 Å². The maximum absolute atomic E-state index is 5.90. The van der Waals surface area contributed by atoms with Crippen molar-refractivity contribution < 1.29 is 0 Å².